The molecule has 0 saturated heterocycles. The van der Waals surface area contributed by atoms with Gasteiger partial charge in [0.05, 0.1) is 10.5 Å². The molecule has 0 amide bonds. The van der Waals surface area contributed by atoms with Crippen molar-refractivity contribution in [3.05, 3.63) is 86.0 Å². The van der Waals surface area contributed by atoms with Crippen molar-refractivity contribution in [2.75, 3.05) is 19.5 Å². The van der Waals surface area contributed by atoms with Crippen LogP contribution in [0.5, 0.6) is 0 Å². The molecule has 0 heterocycles. The topological polar surface area (TPSA) is 212 Å². The fraction of sp³-hybridized carbons (Fsp3) is 0.200. The molecule has 0 saturated carbocycles. The average molecular weight is 526 g/mol. The van der Waals surface area contributed by atoms with Crippen LogP contribution >= 0.6 is 0 Å². The highest BCUT2D eigenvalue weighted by atomic mass is 32.2. The number of benzene rings is 2. The molecule has 0 spiro atoms. The van der Waals surface area contributed by atoms with E-state index in [0.717, 1.165) is 6.26 Å². The summed E-state index contributed by atoms with van der Waals surface area (Å²) in [5, 5.41) is 27.8. The quantitative estimate of drug-likeness (QED) is 0.105. The van der Waals surface area contributed by atoms with Crippen LogP contribution in [0.1, 0.15) is 11.1 Å². The van der Waals surface area contributed by atoms with Crippen LogP contribution in [-0.2, 0) is 33.8 Å². The molecular weight excluding hydrogens is 508 g/mol. The van der Waals surface area contributed by atoms with Gasteiger partial charge >= 0.3 is 12.1 Å². The Morgan fingerprint density at radius 1 is 0.917 bits per heavy atom. The molecule has 2 aromatic rings. The molecule has 0 atom stereocenters. The van der Waals surface area contributed by atoms with Crippen molar-refractivity contribution in [2.45, 2.75) is 11.2 Å². The zero-order valence-corrected chi connectivity index (χ0v) is 19.2. The smallest absolute Gasteiger partial charge is 0.478 e. The zero-order valence-electron chi connectivity index (χ0n) is 18.3. The largest absolute Gasteiger partial charge is 0.508 e. The Balaban J connectivity index is 2.34. The second-order valence-corrected chi connectivity index (χ2v) is 8.77. The van der Waals surface area contributed by atoms with Gasteiger partial charge in [0.2, 0.25) is 0 Å². The zero-order chi connectivity index (χ0) is 26.9. The lowest BCUT2D eigenvalue weighted by atomic mass is 9.95. The number of hydrogen-bond acceptors (Lipinski definition) is 12. The molecular formula is C20H18N2O13S. The van der Waals surface area contributed by atoms with Gasteiger partial charge in [-0.05, 0) is 23.3 Å². The number of sulfone groups is 1. The van der Waals surface area contributed by atoms with E-state index in [1.807, 2.05) is 0 Å². The molecule has 0 fully saturated rings. The van der Waals surface area contributed by atoms with Gasteiger partial charge in [0, 0.05) is 11.8 Å². The molecule has 0 unspecified atom stereocenters. The Bertz CT molecular complexity index is 1240. The van der Waals surface area contributed by atoms with Crippen molar-refractivity contribution in [1.82, 2.24) is 0 Å². The lowest BCUT2D eigenvalue weighted by Gasteiger charge is -2.16. The Morgan fingerprint density at radius 3 is 1.94 bits per heavy atom. The van der Waals surface area contributed by atoms with Crippen molar-refractivity contribution < 1.29 is 52.4 Å². The van der Waals surface area contributed by atoms with E-state index in [9.17, 15) is 43.3 Å². The highest BCUT2D eigenvalue weighted by molar-refractivity contribution is 7.90. The highest BCUT2D eigenvalue weighted by Crippen LogP contribution is 2.28. The maximum Gasteiger partial charge on any atom is 0.508 e. The lowest BCUT2D eigenvalue weighted by Crippen LogP contribution is -2.30. The molecule has 2 aromatic carbocycles. The summed E-state index contributed by atoms with van der Waals surface area (Å²) < 4.78 is 33.0. The summed E-state index contributed by atoms with van der Waals surface area (Å²) in [6.07, 6.45) is -2.69. The van der Waals surface area contributed by atoms with E-state index in [1.54, 1.807) is 18.2 Å². The van der Waals surface area contributed by atoms with Gasteiger partial charge in [-0.3, -0.25) is 9.68 Å². The van der Waals surface area contributed by atoms with Crippen molar-refractivity contribution in [1.29, 1.82) is 0 Å². The van der Waals surface area contributed by atoms with Crippen LogP contribution in [0.25, 0.3) is 11.1 Å². The summed E-state index contributed by atoms with van der Waals surface area (Å²) in [5.41, 5.74) is 0.109. The van der Waals surface area contributed by atoms with E-state index < -0.39 is 51.6 Å². The molecule has 2 rings (SSSR count). The van der Waals surface area contributed by atoms with E-state index in [2.05, 4.69) is 14.4 Å². The third kappa shape index (κ3) is 8.24. The van der Waals surface area contributed by atoms with E-state index in [1.165, 1.54) is 36.4 Å². The molecule has 0 aromatic heterocycles. The summed E-state index contributed by atoms with van der Waals surface area (Å²) in [4.78, 5) is 52.6. The van der Waals surface area contributed by atoms with Gasteiger partial charge in [-0.15, -0.1) is 20.2 Å². The number of aliphatic carboxylic acids is 1. The van der Waals surface area contributed by atoms with Crippen LogP contribution in [0.15, 0.2) is 59.5 Å². The number of carbonyl (C=O) groups excluding carboxylic acids is 1. The Hall–Kier alpha value is -4.73. The Morgan fingerprint density at radius 2 is 1.47 bits per heavy atom. The number of carbonyl (C=O) groups is 2. The maximum atomic E-state index is 12.1. The van der Waals surface area contributed by atoms with Crippen LogP contribution in [0.3, 0.4) is 0 Å². The van der Waals surface area contributed by atoms with Crippen molar-refractivity contribution in [3.8, 4) is 0 Å². The second-order valence-electron chi connectivity index (χ2n) is 6.76. The Labute approximate surface area is 202 Å². The first-order valence-electron chi connectivity index (χ1n) is 9.62. The molecule has 0 aliphatic carbocycles. The Kier molecular flexibility index (Phi) is 9.26. The van der Waals surface area contributed by atoms with Crippen LogP contribution < -0.4 is 0 Å². The van der Waals surface area contributed by atoms with Crippen molar-refractivity contribution in [3.63, 3.8) is 0 Å². The third-order valence-corrected chi connectivity index (χ3v) is 5.42. The van der Waals surface area contributed by atoms with Gasteiger partial charge in [0.1, 0.15) is 13.2 Å². The average Bonchev–Trinajstić information content (AvgIpc) is 2.79. The molecule has 0 radical (unpaired) electrons. The first-order chi connectivity index (χ1) is 16.9. The van der Waals surface area contributed by atoms with Crippen LogP contribution in [0, 0.1) is 20.2 Å². The SMILES string of the molecule is CS(=O)(=O)c1ccc(/C(COC(=O)OCC(O[N+](=O)[O-])O[N+](=O)[O-])=C(/C(=O)O)c2ccccc2)cc1. The summed E-state index contributed by atoms with van der Waals surface area (Å²) >= 11 is 0. The highest BCUT2D eigenvalue weighted by Gasteiger charge is 2.23. The molecule has 36 heavy (non-hydrogen) atoms. The number of nitrogens with zero attached hydrogens (tertiary/aromatic N) is 2. The van der Waals surface area contributed by atoms with E-state index in [0.29, 0.717) is 0 Å². The summed E-state index contributed by atoms with van der Waals surface area (Å²) in [7, 11) is -3.55. The normalized spacial score (nSPS) is 11.7. The van der Waals surface area contributed by atoms with Gasteiger partial charge in [-0.1, -0.05) is 42.5 Å². The second kappa shape index (κ2) is 12.1. The molecule has 0 bridgehead atoms. The standard InChI is InChI=1S/C20H18N2O13S/c1-36(30,31)15-9-7-13(8-10-15)16(18(19(23)24)14-5-3-2-4-6-14)11-32-20(25)33-12-17(34-21(26)27)35-22(28)29/h2-10,17H,11-12H2,1H3,(H,23,24)/b18-16+. The molecule has 15 nitrogen and oxygen atoms in total. The number of carboxylic acid groups (broad SMARTS) is 1. The van der Waals surface area contributed by atoms with E-state index in [-0.39, 0.29) is 27.2 Å². The van der Waals surface area contributed by atoms with Crippen molar-refractivity contribution in [2.24, 2.45) is 0 Å². The van der Waals surface area contributed by atoms with Gasteiger partial charge in [-0.25, -0.2) is 18.0 Å². The van der Waals surface area contributed by atoms with Crippen LogP contribution in [0.4, 0.5) is 4.79 Å². The predicted molar refractivity (Wildman–Crippen MR) is 118 cm³/mol. The van der Waals surface area contributed by atoms with Crippen LogP contribution in [0.2, 0.25) is 0 Å². The minimum Gasteiger partial charge on any atom is -0.478 e. The van der Waals surface area contributed by atoms with Gasteiger partial charge in [-0.2, -0.15) is 0 Å². The number of carboxylic acids is 1. The fourth-order valence-corrected chi connectivity index (χ4v) is 3.45. The van der Waals surface area contributed by atoms with Crippen LogP contribution in [-0.4, -0.2) is 61.6 Å². The summed E-state index contributed by atoms with van der Waals surface area (Å²) in [5.74, 6) is -1.39. The summed E-state index contributed by atoms with van der Waals surface area (Å²) in [6, 6.07) is 12.9. The molecule has 0 aliphatic heterocycles. The number of hydrogen-bond donors (Lipinski definition) is 1. The summed E-state index contributed by atoms with van der Waals surface area (Å²) in [6.45, 7) is -1.81. The fourth-order valence-electron chi connectivity index (χ4n) is 2.82. The van der Waals surface area contributed by atoms with Crippen molar-refractivity contribution >= 4 is 33.1 Å². The molecule has 16 heteroatoms. The number of ether oxygens (including phenoxy) is 2. The monoisotopic (exact) mass is 526 g/mol. The predicted octanol–water partition coefficient (Wildman–Crippen LogP) is 1.98. The lowest BCUT2D eigenvalue weighted by molar-refractivity contribution is -0.851. The van der Waals surface area contributed by atoms with E-state index >= 15 is 0 Å². The molecule has 1 N–H and O–H groups in total. The molecule has 192 valence electrons. The van der Waals surface area contributed by atoms with Gasteiger partial charge < -0.3 is 14.6 Å². The van der Waals surface area contributed by atoms with Gasteiger partial charge in [0.15, 0.2) is 9.84 Å². The van der Waals surface area contributed by atoms with Gasteiger partial charge in [0.25, 0.3) is 16.5 Å². The molecule has 0 aliphatic rings. The first kappa shape index (κ1) is 27.5. The first-order valence-corrected chi connectivity index (χ1v) is 11.5. The number of rotatable bonds is 12. The maximum absolute atomic E-state index is 12.1. The minimum atomic E-state index is -3.55. The van der Waals surface area contributed by atoms with E-state index in [4.69, 9.17) is 4.74 Å². The third-order valence-electron chi connectivity index (χ3n) is 4.29. The minimum absolute atomic E-state index is 0.0369.